The second-order valence-electron chi connectivity index (χ2n) is 5.04. The molecule has 20 heavy (non-hydrogen) atoms. The molecule has 1 aromatic rings. The highest BCUT2D eigenvalue weighted by molar-refractivity contribution is 5.81. The number of aliphatic carboxylic acids is 1. The molecule has 2 rings (SSSR count). The van der Waals surface area contributed by atoms with Gasteiger partial charge in [0, 0.05) is 18.5 Å². The quantitative estimate of drug-likeness (QED) is 0.921. The monoisotopic (exact) mass is 279 g/mol. The van der Waals surface area contributed by atoms with E-state index in [1.54, 1.807) is 18.2 Å². The molecule has 0 aromatic heterocycles. The van der Waals surface area contributed by atoms with Crippen molar-refractivity contribution in [2.45, 2.75) is 32.2 Å². The number of piperidine rings is 1. The Balaban J connectivity index is 2.46. The largest absolute Gasteiger partial charge is 0.481 e. The maximum atomic E-state index is 14.0. The van der Waals surface area contributed by atoms with Crippen LogP contribution in [0.3, 0.4) is 0 Å². The zero-order valence-electron chi connectivity index (χ0n) is 11.4. The molecule has 1 amide bonds. The Morgan fingerprint density at radius 2 is 2.15 bits per heavy atom. The molecule has 0 aliphatic carbocycles. The van der Waals surface area contributed by atoms with E-state index in [1.165, 1.54) is 11.0 Å². The summed E-state index contributed by atoms with van der Waals surface area (Å²) in [5, 5.41) is 9.37. The van der Waals surface area contributed by atoms with Gasteiger partial charge >= 0.3 is 5.97 Å². The molecule has 1 aromatic carbocycles. The van der Waals surface area contributed by atoms with E-state index in [-0.39, 0.29) is 18.7 Å². The predicted octanol–water partition coefficient (Wildman–Crippen LogP) is 2.60. The van der Waals surface area contributed by atoms with Gasteiger partial charge in [-0.3, -0.25) is 9.59 Å². The summed E-state index contributed by atoms with van der Waals surface area (Å²) in [7, 11) is 0. The van der Waals surface area contributed by atoms with Crippen LogP contribution in [0.5, 0.6) is 0 Å². The Labute approximate surface area is 117 Å². The van der Waals surface area contributed by atoms with Crippen molar-refractivity contribution in [3.05, 3.63) is 35.6 Å². The Kier molecular flexibility index (Phi) is 4.37. The van der Waals surface area contributed by atoms with E-state index in [2.05, 4.69) is 0 Å². The minimum Gasteiger partial charge on any atom is -0.481 e. The minimum absolute atomic E-state index is 0.0994. The molecule has 1 aliphatic heterocycles. The molecule has 2 unspecified atom stereocenters. The average molecular weight is 279 g/mol. The van der Waals surface area contributed by atoms with Crippen LogP contribution in [0.1, 0.15) is 37.8 Å². The molecule has 1 aliphatic rings. The van der Waals surface area contributed by atoms with Gasteiger partial charge in [0.1, 0.15) is 5.82 Å². The first-order valence-corrected chi connectivity index (χ1v) is 6.83. The molecule has 0 radical (unpaired) electrons. The van der Waals surface area contributed by atoms with Crippen molar-refractivity contribution in [2.24, 2.45) is 5.92 Å². The van der Waals surface area contributed by atoms with Crippen molar-refractivity contribution >= 4 is 11.9 Å². The average Bonchev–Trinajstić information content (AvgIpc) is 2.41. The molecular formula is C15H18FNO3. The number of amides is 1. The van der Waals surface area contributed by atoms with Gasteiger partial charge in [0.2, 0.25) is 5.91 Å². The number of nitrogens with zero attached hydrogens (tertiary/aromatic N) is 1. The van der Waals surface area contributed by atoms with Gasteiger partial charge in [0.05, 0.1) is 12.0 Å². The number of rotatable bonds is 4. The molecule has 1 N–H and O–H groups in total. The van der Waals surface area contributed by atoms with Crippen LogP contribution in [-0.2, 0) is 9.59 Å². The molecule has 1 heterocycles. The number of benzene rings is 1. The van der Waals surface area contributed by atoms with Crippen LogP contribution in [0.15, 0.2) is 24.3 Å². The summed E-state index contributed by atoms with van der Waals surface area (Å²) in [6.45, 7) is 2.36. The lowest BCUT2D eigenvalue weighted by Gasteiger charge is -2.39. The van der Waals surface area contributed by atoms with Crippen LogP contribution in [-0.4, -0.2) is 28.4 Å². The van der Waals surface area contributed by atoms with Crippen LogP contribution < -0.4 is 0 Å². The number of hydrogen-bond donors (Lipinski definition) is 1. The van der Waals surface area contributed by atoms with Crippen LogP contribution in [0.2, 0.25) is 0 Å². The maximum absolute atomic E-state index is 14.0. The van der Waals surface area contributed by atoms with Gasteiger partial charge in [0.25, 0.3) is 0 Å². The summed E-state index contributed by atoms with van der Waals surface area (Å²) >= 11 is 0. The summed E-state index contributed by atoms with van der Waals surface area (Å²) in [5.74, 6) is -2.29. The number of halogens is 1. The van der Waals surface area contributed by atoms with Gasteiger partial charge < -0.3 is 10.0 Å². The Bertz CT molecular complexity index is 518. The lowest BCUT2D eigenvalue weighted by atomic mass is 9.84. The first-order chi connectivity index (χ1) is 9.56. The number of likely N-dealkylation sites (tertiary alicyclic amines) is 1. The lowest BCUT2D eigenvalue weighted by molar-refractivity contribution is -0.152. The van der Waals surface area contributed by atoms with Gasteiger partial charge in [0.15, 0.2) is 0 Å². The van der Waals surface area contributed by atoms with Gasteiger partial charge in [-0.1, -0.05) is 25.1 Å². The summed E-state index contributed by atoms with van der Waals surface area (Å²) in [4.78, 5) is 25.0. The molecule has 4 nitrogen and oxygen atoms in total. The SMILES string of the molecule is CCCN1C(=O)CCC(C(=O)O)C1c1ccccc1F. The number of carboxylic acids is 1. The van der Waals surface area contributed by atoms with Crippen LogP contribution in [0, 0.1) is 11.7 Å². The fraction of sp³-hybridized carbons (Fsp3) is 0.467. The van der Waals surface area contributed by atoms with E-state index in [4.69, 9.17) is 0 Å². The zero-order chi connectivity index (χ0) is 14.7. The first-order valence-electron chi connectivity index (χ1n) is 6.83. The van der Waals surface area contributed by atoms with E-state index in [0.29, 0.717) is 18.5 Å². The summed E-state index contributed by atoms with van der Waals surface area (Å²) < 4.78 is 14.0. The number of carboxylic acid groups (broad SMARTS) is 1. The van der Waals surface area contributed by atoms with E-state index in [1.807, 2.05) is 6.92 Å². The van der Waals surface area contributed by atoms with Crippen molar-refractivity contribution in [3.8, 4) is 0 Å². The highest BCUT2D eigenvalue weighted by Gasteiger charge is 2.41. The fourth-order valence-electron chi connectivity index (χ4n) is 2.82. The van der Waals surface area contributed by atoms with E-state index >= 15 is 0 Å². The lowest BCUT2D eigenvalue weighted by Crippen LogP contribution is -2.45. The van der Waals surface area contributed by atoms with Gasteiger partial charge in [-0.25, -0.2) is 4.39 Å². The topological polar surface area (TPSA) is 57.6 Å². The van der Waals surface area contributed by atoms with Crippen LogP contribution in [0.25, 0.3) is 0 Å². The minimum atomic E-state index is -0.980. The zero-order valence-corrected chi connectivity index (χ0v) is 11.4. The van der Waals surface area contributed by atoms with Crippen LogP contribution in [0.4, 0.5) is 4.39 Å². The number of hydrogen-bond acceptors (Lipinski definition) is 2. The molecule has 0 bridgehead atoms. The van der Waals surface area contributed by atoms with Crippen molar-refractivity contribution in [3.63, 3.8) is 0 Å². The van der Waals surface area contributed by atoms with Crippen LogP contribution >= 0.6 is 0 Å². The smallest absolute Gasteiger partial charge is 0.308 e. The maximum Gasteiger partial charge on any atom is 0.308 e. The van der Waals surface area contributed by atoms with Gasteiger partial charge in [-0.2, -0.15) is 0 Å². The molecule has 0 spiro atoms. The first kappa shape index (κ1) is 14.5. The standard InChI is InChI=1S/C15H18FNO3/c1-2-9-17-13(18)8-7-11(15(19)20)14(17)10-5-3-4-6-12(10)16/h3-6,11,14H,2,7-9H2,1H3,(H,19,20). The van der Waals surface area contributed by atoms with E-state index in [9.17, 15) is 19.1 Å². The third kappa shape index (κ3) is 2.66. The van der Waals surface area contributed by atoms with Crippen molar-refractivity contribution in [2.75, 3.05) is 6.54 Å². The van der Waals surface area contributed by atoms with E-state index < -0.39 is 23.7 Å². The highest BCUT2D eigenvalue weighted by atomic mass is 19.1. The third-order valence-corrected chi connectivity index (χ3v) is 3.71. The summed E-state index contributed by atoms with van der Waals surface area (Å²) in [6, 6.07) is 5.38. The molecule has 1 fully saturated rings. The normalized spacial score (nSPS) is 22.9. The Hall–Kier alpha value is -1.91. The van der Waals surface area contributed by atoms with E-state index in [0.717, 1.165) is 0 Å². The highest BCUT2D eigenvalue weighted by Crippen LogP contribution is 2.37. The van der Waals surface area contributed by atoms with Gasteiger partial charge in [-0.05, 0) is 18.9 Å². The van der Waals surface area contributed by atoms with Crippen molar-refractivity contribution < 1.29 is 19.1 Å². The second kappa shape index (κ2) is 6.03. The molecule has 2 atom stereocenters. The van der Waals surface area contributed by atoms with Gasteiger partial charge in [-0.15, -0.1) is 0 Å². The Morgan fingerprint density at radius 1 is 1.45 bits per heavy atom. The molecular weight excluding hydrogens is 261 g/mol. The summed E-state index contributed by atoms with van der Waals surface area (Å²) in [5.41, 5.74) is 0.293. The molecule has 108 valence electrons. The third-order valence-electron chi connectivity index (χ3n) is 3.71. The molecule has 1 saturated heterocycles. The predicted molar refractivity (Wildman–Crippen MR) is 71.5 cm³/mol. The molecule has 0 saturated carbocycles. The Morgan fingerprint density at radius 3 is 2.75 bits per heavy atom. The van der Waals surface area contributed by atoms with Crippen molar-refractivity contribution in [1.82, 2.24) is 4.90 Å². The molecule has 5 heteroatoms. The second-order valence-corrected chi connectivity index (χ2v) is 5.04. The fourth-order valence-corrected chi connectivity index (χ4v) is 2.82. The number of carbonyl (C=O) groups is 2. The number of carbonyl (C=O) groups excluding carboxylic acids is 1. The van der Waals surface area contributed by atoms with Crippen molar-refractivity contribution in [1.29, 1.82) is 0 Å². The summed E-state index contributed by atoms with van der Waals surface area (Å²) in [6.07, 6.45) is 1.18.